The molecule has 1 amide bonds. The first kappa shape index (κ1) is 15.4. The normalized spacial score (nSPS) is 17.7. The molecule has 5 heteroatoms. The molecule has 0 spiro atoms. The first-order valence-corrected chi connectivity index (χ1v) is 7.46. The second-order valence-corrected chi connectivity index (χ2v) is 5.63. The van der Waals surface area contributed by atoms with Crippen molar-refractivity contribution in [3.8, 4) is 0 Å². The molecule has 0 aliphatic heterocycles. The summed E-state index contributed by atoms with van der Waals surface area (Å²) in [4.78, 5) is 12.5. The average molecular weight is 289 g/mol. The molecule has 1 aromatic rings. The van der Waals surface area contributed by atoms with Crippen molar-refractivity contribution in [2.75, 3.05) is 0 Å². The lowest BCUT2D eigenvalue weighted by atomic mass is 9.83. The van der Waals surface area contributed by atoms with Crippen molar-refractivity contribution < 1.29 is 10.0 Å². The highest BCUT2D eigenvalue weighted by Crippen LogP contribution is 2.38. The minimum atomic E-state index is -0.835. The van der Waals surface area contributed by atoms with Crippen LogP contribution in [-0.2, 0) is 17.8 Å². The van der Waals surface area contributed by atoms with E-state index in [4.69, 9.17) is 10.9 Å². The Kier molecular flexibility index (Phi) is 4.83. The van der Waals surface area contributed by atoms with Gasteiger partial charge in [-0.2, -0.15) is 0 Å². The SMILES string of the molecule is CCc1ccc(CNC(=O)C2(/C(N)=N/O)CCCC2)cc1. The van der Waals surface area contributed by atoms with E-state index in [-0.39, 0.29) is 11.7 Å². The van der Waals surface area contributed by atoms with Crippen LogP contribution in [0.5, 0.6) is 0 Å². The highest BCUT2D eigenvalue weighted by molar-refractivity contribution is 6.07. The molecular weight excluding hydrogens is 266 g/mol. The average Bonchev–Trinajstić information content (AvgIpc) is 3.03. The van der Waals surface area contributed by atoms with Crippen molar-refractivity contribution in [3.63, 3.8) is 0 Å². The van der Waals surface area contributed by atoms with Gasteiger partial charge < -0.3 is 16.3 Å². The number of carbonyl (C=O) groups is 1. The number of amidine groups is 1. The molecule has 5 nitrogen and oxygen atoms in total. The molecule has 0 saturated heterocycles. The number of hydrogen-bond donors (Lipinski definition) is 3. The number of hydrogen-bond acceptors (Lipinski definition) is 3. The second kappa shape index (κ2) is 6.61. The fraction of sp³-hybridized carbons (Fsp3) is 0.500. The molecule has 0 bridgehead atoms. The molecule has 1 fully saturated rings. The molecule has 0 unspecified atom stereocenters. The number of benzene rings is 1. The first-order chi connectivity index (χ1) is 10.1. The van der Waals surface area contributed by atoms with Gasteiger partial charge in [-0.05, 0) is 30.4 Å². The standard InChI is InChI=1S/C16H23N3O2/c1-2-12-5-7-13(8-6-12)11-18-15(20)16(14(17)19-21)9-3-4-10-16/h5-8,21H,2-4,9-11H2,1H3,(H2,17,19)(H,18,20). The van der Waals surface area contributed by atoms with Crippen molar-refractivity contribution >= 4 is 11.7 Å². The second-order valence-electron chi connectivity index (χ2n) is 5.63. The summed E-state index contributed by atoms with van der Waals surface area (Å²) in [5.74, 6) is -0.117. The van der Waals surface area contributed by atoms with Crippen LogP contribution in [0.25, 0.3) is 0 Å². The predicted octanol–water partition coefficient (Wildman–Crippen LogP) is 2.17. The smallest absolute Gasteiger partial charge is 0.234 e. The van der Waals surface area contributed by atoms with E-state index in [1.807, 2.05) is 12.1 Å². The van der Waals surface area contributed by atoms with E-state index in [1.165, 1.54) is 5.56 Å². The van der Waals surface area contributed by atoms with E-state index in [0.717, 1.165) is 24.8 Å². The van der Waals surface area contributed by atoms with E-state index in [1.54, 1.807) is 0 Å². The number of aryl methyl sites for hydroxylation is 1. The molecule has 1 aliphatic carbocycles. The zero-order valence-electron chi connectivity index (χ0n) is 12.4. The third-order valence-electron chi connectivity index (χ3n) is 4.37. The van der Waals surface area contributed by atoms with Crippen molar-refractivity contribution in [2.24, 2.45) is 16.3 Å². The Labute approximate surface area is 125 Å². The fourth-order valence-corrected chi connectivity index (χ4v) is 2.92. The molecule has 0 heterocycles. The molecule has 1 aliphatic rings. The van der Waals surface area contributed by atoms with Gasteiger partial charge in [0.15, 0.2) is 5.84 Å². The fourth-order valence-electron chi connectivity index (χ4n) is 2.92. The summed E-state index contributed by atoms with van der Waals surface area (Å²) in [6, 6.07) is 8.17. The quantitative estimate of drug-likeness (QED) is 0.336. The number of amides is 1. The van der Waals surface area contributed by atoms with Gasteiger partial charge in [-0.25, -0.2) is 0 Å². The van der Waals surface area contributed by atoms with Crippen LogP contribution in [0.3, 0.4) is 0 Å². The molecule has 1 saturated carbocycles. The zero-order valence-corrected chi connectivity index (χ0v) is 12.4. The largest absolute Gasteiger partial charge is 0.409 e. The molecule has 0 radical (unpaired) electrons. The van der Waals surface area contributed by atoms with Crippen LogP contribution in [-0.4, -0.2) is 17.0 Å². The Morgan fingerprint density at radius 2 is 1.86 bits per heavy atom. The number of carbonyl (C=O) groups excluding carboxylic acids is 1. The number of rotatable bonds is 5. The monoisotopic (exact) mass is 289 g/mol. The topological polar surface area (TPSA) is 87.7 Å². The lowest BCUT2D eigenvalue weighted by Gasteiger charge is -2.26. The molecule has 1 aromatic carbocycles. The van der Waals surface area contributed by atoms with Crippen LogP contribution in [0.4, 0.5) is 0 Å². The molecule has 4 N–H and O–H groups in total. The summed E-state index contributed by atoms with van der Waals surface area (Å²) in [7, 11) is 0. The van der Waals surface area contributed by atoms with Gasteiger partial charge in [0, 0.05) is 6.54 Å². The van der Waals surface area contributed by atoms with Crippen LogP contribution in [0.15, 0.2) is 29.4 Å². The van der Waals surface area contributed by atoms with Crippen LogP contribution < -0.4 is 11.1 Å². The Bertz CT molecular complexity index is 517. The summed E-state index contributed by atoms with van der Waals surface area (Å²) in [5, 5.41) is 14.9. The number of oxime groups is 1. The minimum Gasteiger partial charge on any atom is -0.409 e. The highest BCUT2D eigenvalue weighted by atomic mass is 16.4. The third kappa shape index (κ3) is 3.17. The number of nitrogens with zero attached hydrogens (tertiary/aromatic N) is 1. The van der Waals surface area contributed by atoms with Gasteiger partial charge in [-0.1, -0.05) is 49.2 Å². The zero-order chi connectivity index (χ0) is 15.3. The van der Waals surface area contributed by atoms with Gasteiger partial charge in [0.05, 0.1) is 0 Å². The van der Waals surface area contributed by atoms with E-state index < -0.39 is 5.41 Å². The van der Waals surface area contributed by atoms with Gasteiger partial charge in [-0.15, -0.1) is 0 Å². The number of nitrogens with two attached hydrogens (primary N) is 1. The molecule has 114 valence electrons. The molecular formula is C16H23N3O2. The summed E-state index contributed by atoms with van der Waals surface area (Å²) < 4.78 is 0. The predicted molar refractivity (Wildman–Crippen MR) is 82.0 cm³/mol. The molecule has 21 heavy (non-hydrogen) atoms. The van der Waals surface area contributed by atoms with E-state index in [2.05, 4.69) is 29.5 Å². The lowest BCUT2D eigenvalue weighted by molar-refractivity contribution is -0.127. The maximum absolute atomic E-state index is 12.5. The van der Waals surface area contributed by atoms with Crippen LogP contribution in [0, 0.1) is 5.41 Å². The maximum Gasteiger partial charge on any atom is 0.234 e. The van der Waals surface area contributed by atoms with E-state index in [0.29, 0.717) is 19.4 Å². The van der Waals surface area contributed by atoms with Gasteiger partial charge in [0.25, 0.3) is 0 Å². The Morgan fingerprint density at radius 3 is 2.38 bits per heavy atom. The third-order valence-corrected chi connectivity index (χ3v) is 4.37. The summed E-state index contributed by atoms with van der Waals surface area (Å²) in [6.07, 6.45) is 4.13. The van der Waals surface area contributed by atoms with E-state index in [9.17, 15) is 4.79 Å². The Balaban J connectivity index is 2.02. The molecule has 0 atom stereocenters. The van der Waals surface area contributed by atoms with Crippen LogP contribution >= 0.6 is 0 Å². The highest BCUT2D eigenvalue weighted by Gasteiger charge is 2.45. The summed E-state index contributed by atoms with van der Waals surface area (Å²) in [6.45, 7) is 2.57. The Morgan fingerprint density at radius 1 is 1.29 bits per heavy atom. The van der Waals surface area contributed by atoms with Gasteiger partial charge in [-0.3, -0.25) is 4.79 Å². The minimum absolute atomic E-state index is 0.0267. The van der Waals surface area contributed by atoms with Crippen molar-refractivity contribution in [1.29, 1.82) is 0 Å². The van der Waals surface area contributed by atoms with Crippen molar-refractivity contribution in [3.05, 3.63) is 35.4 Å². The van der Waals surface area contributed by atoms with E-state index >= 15 is 0 Å². The maximum atomic E-state index is 12.5. The van der Waals surface area contributed by atoms with Crippen LogP contribution in [0.2, 0.25) is 0 Å². The summed E-state index contributed by atoms with van der Waals surface area (Å²) in [5.41, 5.74) is 7.25. The van der Waals surface area contributed by atoms with Crippen LogP contribution in [0.1, 0.15) is 43.7 Å². The van der Waals surface area contributed by atoms with Crippen molar-refractivity contribution in [2.45, 2.75) is 45.6 Å². The lowest BCUT2D eigenvalue weighted by Crippen LogP contribution is -2.48. The number of nitrogens with one attached hydrogen (secondary N) is 1. The van der Waals surface area contributed by atoms with Gasteiger partial charge in [0.2, 0.25) is 5.91 Å². The molecule has 2 rings (SSSR count). The first-order valence-electron chi connectivity index (χ1n) is 7.46. The van der Waals surface area contributed by atoms with Gasteiger partial charge in [0.1, 0.15) is 5.41 Å². The molecule has 0 aromatic heterocycles. The summed E-state index contributed by atoms with van der Waals surface area (Å²) >= 11 is 0. The Hall–Kier alpha value is -2.04. The van der Waals surface area contributed by atoms with Crippen molar-refractivity contribution in [1.82, 2.24) is 5.32 Å². The van der Waals surface area contributed by atoms with Gasteiger partial charge >= 0.3 is 0 Å².